The monoisotopic (exact) mass is 322 g/mol. The highest BCUT2D eigenvalue weighted by Crippen LogP contribution is 2.10. The average Bonchev–Trinajstić information content (AvgIpc) is 2.40. The van der Waals surface area contributed by atoms with Crippen molar-refractivity contribution in [2.24, 2.45) is 0 Å². The molecule has 0 aliphatic carbocycles. The van der Waals surface area contributed by atoms with Crippen molar-refractivity contribution in [3.8, 4) is 0 Å². The predicted molar refractivity (Wildman–Crippen MR) is 78.4 cm³/mol. The molecule has 5 nitrogen and oxygen atoms in total. The van der Waals surface area contributed by atoms with Crippen LogP contribution in [0.5, 0.6) is 0 Å². The molecule has 0 saturated heterocycles. The highest BCUT2D eigenvalue weighted by atomic mass is 79.9. The SMILES string of the molecule is CCNc1ccnc(Cn2cnc(C)c(Br)c2=O)c1. The second-order valence-electron chi connectivity index (χ2n) is 4.14. The molecule has 6 heteroatoms. The molecule has 0 aliphatic heterocycles. The lowest BCUT2D eigenvalue weighted by Gasteiger charge is -2.08. The molecular formula is C13H15BrN4O. The first-order valence-corrected chi connectivity index (χ1v) is 6.81. The minimum Gasteiger partial charge on any atom is -0.385 e. The number of aryl methyl sites for hydroxylation is 1. The van der Waals surface area contributed by atoms with Crippen LogP contribution in [-0.4, -0.2) is 21.1 Å². The van der Waals surface area contributed by atoms with Crippen LogP contribution in [-0.2, 0) is 6.54 Å². The molecule has 19 heavy (non-hydrogen) atoms. The summed E-state index contributed by atoms with van der Waals surface area (Å²) in [4.78, 5) is 20.5. The second-order valence-corrected chi connectivity index (χ2v) is 4.94. The van der Waals surface area contributed by atoms with E-state index in [0.29, 0.717) is 16.7 Å². The topological polar surface area (TPSA) is 59.8 Å². The second kappa shape index (κ2) is 5.97. The smallest absolute Gasteiger partial charge is 0.268 e. The Morgan fingerprint density at radius 2 is 2.21 bits per heavy atom. The van der Waals surface area contributed by atoms with Gasteiger partial charge in [0.2, 0.25) is 0 Å². The molecule has 2 aromatic rings. The van der Waals surface area contributed by atoms with Crippen molar-refractivity contribution in [3.05, 3.63) is 50.9 Å². The molecule has 0 saturated carbocycles. The predicted octanol–water partition coefficient (Wildman–Crippen LogP) is 2.19. The Hall–Kier alpha value is -1.69. The lowest BCUT2D eigenvalue weighted by Crippen LogP contribution is -2.23. The zero-order valence-corrected chi connectivity index (χ0v) is 12.4. The maximum absolute atomic E-state index is 12.0. The number of anilines is 1. The molecule has 2 heterocycles. The summed E-state index contributed by atoms with van der Waals surface area (Å²) in [7, 11) is 0. The van der Waals surface area contributed by atoms with Crippen LogP contribution in [0, 0.1) is 6.92 Å². The number of hydrogen-bond acceptors (Lipinski definition) is 4. The van der Waals surface area contributed by atoms with E-state index in [-0.39, 0.29) is 5.56 Å². The number of aromatic nitrogens is 3. The lowest BCUT2D eigenvalue weighted by molar-refractivity contribution is 0.709. The van der Waals surface area contributed by atoms with Crippen molar-refractivity contribution in [1.29, 1.82) is 0 Å². The highest BCUT2D eigenvalue weighted by molar-refractivity contribution is 9.10. The Kier molecular flexibility index (Phi) is 4.31. The molecule has 0 unspecified atom stereocenters. The first kappa shape index (κ1) is 13.7. The number of halogens is 1. The van der Waals surface area contributed by atoms with E-state index < -0.39 is 0 Å². The summed E-state index contributed by atoms with van der Waals surface area (Å²) in [6.45, 7) is 5.08. The van der Waals surface area contributed by atoms with Gasteiger partial charge in [-0.3, -0.25) is 14.3 Å². The summed E-state index contributed by atoms with van der Waals surface area (Å²) in [6.07, 6.45) is 3.28. The van der Waals surface area contributed by atoms with Gasteiger partial charge in [-0.25, -0.2) is 4.98 Å². The van der Waals surface area contributed by atoms with E-state index >= 15 is 0 Å². The lowest BCUT2D eigenvalue weighted by atomic mass is 10.3. The fourth-order valence-electron chi connectivity index (χ4n) is 1.71. The van der Waals surface area contributed by atoms with Gasteiger partial charge in [0.15, 0.2) is 0 Å². The Morgan fingerprint density at radius 1 is 1.42 bits per heavy atom. The van der Waals surface area contributed by atoms with Gasteiger partial charge in [0, 0.05) is 18.4 Å². The molecule has 0 radical (unpaired) electrons. The number of rotatable bonds is 4. The van der Waals surface area contributed by atoms with Gasteiger partial charge >= 0.3 is 0 Å². The number of hydrogen-bond donors (Lipinski definition) is 1. The number of pyridine rings is 1. The van der Waals surface area contributed by atoms with Crippen LogP contribution in [0.25, 0.3) is 0 Å². The van der Waals surface area contributed by atoms with Crippen LogP contribution in [0.15, 0.2) is 33.9 Å². The molecule has 0 bridgehead atoms. The van der Waals surface area contributed by atoms with Crippen LogP contribution in [0.4, 0.5) is 5.69 Å². The van der Waals surface area contributed by atoms with Crippen LogP contribution in [0.3, 0.4) is 0 Å². The van der Waals surface area contributed by atoms with Crippen molar-refractivity contribution >= 4 is 21.6 Å². The first-order valence-electron chi connectivity index (χ1n) is 6.02. The molecule has 0 spiro atoms. The molecule has 0 aliphatic rings. The quantitative estimate of drug-likeness (QED) is 0.937. The molecule has 1 N–H and O–H groups in total. The van der Waals surface area contributed by atoms with Gasteiger partial charge in [-0.05, 0) is 41.9 Å². The van der Waals surface area contributed by atoms with E-state index in [0.717, 1.165) is 17.9 Å². The Labute approximate surface area is 119 Å². The van der Waals surface area contributed by atoms with Crippen molar-refractivity contribution in [2.45, 2.75) is 20.4 Å². The summed E-state index contributed by atoms with van der Waals surface area (Å²) < 4.78 is 2.03. The van der Waals surface area contributed by atoms with Crippen LogP contribution in [0.2, 0.25) is 0 Å². The van der Waals surface area contributed by atoms with Gasteiger partial charge in [0.1, 0.15) is 4.47 Å². The molecule has 2 rings (SSSR count). The maximum atomic E-state index is 12.0. The maximum Gasteiger partial charge on any atom is 0.268 e. The standard InChI is InChI=1S/C13H15BrN4O/c1-3-15-10-4-5-16-11(6-10)7-18-8-17-9(2)12(14)13(18)19/h4-6,8H,3,7H2,1-2H3,(H,15,16). The summed E-state index contributed by atoms with van der Waals surface area (Å²) in [6, 6.07) is 3.84. The number of nitrogens with one attached hydrogen (secondary N) is 1. The Balaban J connectivity index is 2.29. The van der Waals surface area contributed by atoms with Gasteiger partial charge in [-0.1, -0.05) is 0 Å². The fourth-order valence-corrected chi connectivity index (χ4v) is 2.04. The normalized spacial score (nSPS) is 10.5. The summed E-state index contributed by atoms with van der Waals surface area (Å²) >= 11 is 3.25. The van der Waals surface area contributed by atoms with Gasteiger partial charge < -0.3 is 5.32 Å². The van der Waals surface area contributed by atoms with E-state index in [1.807, 2.05) is 19.1 Å². The van der Waals surface area contributed by atoms with Crippen LogP contribution >= 0.6 is 15.9 Å². The number of nitrogens with zero attached hydrogens (tertiary/aromatic N) is 3. The van der Waals surface area contributed by atoms with Crippen molar-refractivity contribution < 1.29 is 0 Å². The van der Waals surface area contributed by atoms with Crippen LogP contribution in [0.1, 0.15) is 18.3 Å². The zero-order chi connectivity index (χ0) is 13.8. The van der Waals surface area contributed by atoms with E-state index in [1.165, 1.54) is 4.57 Å². The third kappa shape index (κ3) is 3.20. The van der Waals surface area contributed by atoms with E-state index in [2.05, 4.69) is 31.2 Å². The molecular weight excluding hydrogens is 308 g/mol. The molecule has 0 aromatic carbocycles. The highest BCUT2D eigenvalue weighted by Gasteiger charge is 2.06. The van der Waals surface area contributed by atoms with Gasteiger partial charge in [-0.2, -0.15) is 0 Å². The van der Waals surface area contributed by atoms with E-state index in [4.69, 9.17) is 0 Å². The average molecular weight is 323 g/mol. The summed E-state index contributed by atoms with van der Waals surface area (Å²) in [5.41, 5.74) is 2.41. The van der Waals surface area contributed by atoms with Gasteiger partial charge in [0.25, 0.3) is 5.56 Å². The summed E-state index contributed by atoms with van der Waals surface area (Å²) in [5, 5.41) is 3.22. The van der Waals surface area contributed by atoms with Gasteiger partial charge in [0.05, 0.1) is 24.3 Å². The minimum atomic E-state index is -0.0943. The Morgan fingerprint density at radius 3 is 2.95 bits per heavy atom. The molecule has 2 aromatic heterocycles. The largest absolute Gasteiger partial charge is 0.385 e. The third-order valence-electron chi connectivity index (χ3n) is 2.69. The minimum absolute atomic E-state index is 0.0943. The fraction of sp³-hybridized carbons (Fsp3) is 0.308. The van der Waals surface area contributed by atoms with Crippen molar-refractivity contribution in [1.82, 2.24) is 14.5 Å². The van der Waals surface area contributed by atoms with E-state index in [1.54, 1.807) is 19.4 Å². The van der Waals surface area contributed by atoms with Crippen molar-refractivity contribution in [2.75, 3.05) is 11.9 Å². The molecule has 100 valence electrons. The molecule has 0 amide bonds. The van der Waals surface area contributed by atoms with Crippen molar-refractivity contribution in [3.63, 3.8) is 0 Å². The zero-order valence-electron chi connectivity index (χ0n) is 10.9. The first-order chi connectivity index (χ1) is 9.11. The van der Waals surface area contributed by atoms with E-state index in [9.17, 15) is 4.79 Å². The Bertz CT molecular complexity index is 639. The molecule has 0 atom stereocenters. The summed E-state index contributed by atoms with van der Waals surface area (Å²) in [5.74, 6) is 0. The van der Waals surface area contributed by atoms with Gasteiger partial charge in [-0.15, -0.1) is 0 Å². The third-order valence-corrected chi connectivity index (χ3v) is 3.60. The molecule has 0 fully saturated rings. The van der Waals surface area contributed by atoms with Crippen LogP contribution < -0.4 is 10.9 Å².